The standard InChI is InChI=1S/C15H13ClFNO2/c1-9-13(17)6-11(7-14(9)18)15(19)20-8-10-4-2-3-5-12(10)16/h2-7H,8,18H2,1H3. The van der Waals surface area contributed by atoms with Gasteiger partial charge in [-0.1, -0.05) is 29.8 Å². The first kappa shape index (κ1) is 14.3. The smallest absolute Gasteiger partial charge is 0.338 e. The Bertz CT molecular complexity index is 635. The van der Waals surface area contributed by atoms with Crippen LogP contribution in [0.4, 0.5) is 10.1 Å². The highest BCUT2D eigenvalue weighted by Crippen LogP contribution is 2.20. The Hall–Kier alpha value is -2.07. The summed E-state index contributed by atoms with van der Waals surface area (Å²) in [6, 6.07) is 9.53. The largest absolute Gasteiger partial charge is 0.457 e. The number of nitrogen functional groups attached to an aromatic ring is 1. The number of hydrogen-bond acceptors (Lipinski definition) is 3. The molecule has 104 valence electrons. The molecule has 0 bridgehead atoms. The molecule has 2 rings (SSSR count). The summed E-state index contributed by atoms with van der Waals surface area (Å²) in [4.78, 5) is 11.9. The molecule has 2 aromatic carbocycles. The van der Waals surface area contributed by atoms with Gasteiger partial charge in [-0.05, 0) is 25.1 Å². The summed E-state index contributed by atoms with van der Waals surface area (Å²) in [6.07, 6.45) is 0. The van der Waals surface area contributed by atoms with Gasteiger partial charge in [0.05, 0.1) is 5.56 Å². The lowest BCUT2D eigenvalue weighted by atomic mass is 10.1. The van der Waals surface area contributed by atoms with E-state index in [1.165, 1.54) is 6.07 Å². The Kier molecular flexibility index (Phi) is 4.25. The first-order valence-electron chi connectivity index (χ1n) is 5.95. The van der Waals surface area contributed by atoms with Gasteiger partial charge in [-0.25, -0.2) is 9.18 Å². The summed E-state index contributed by atoms with van der Waals surface area (Å²) in [6.45, 7) is 1.57. The lowest BCUT2D eigenvalue weighted by Crippen LogP contribution is -2.07. The number of halogens is 2. The SMILES string of the molecule is Cc1c(N)cc(C(=O)OCc2ccccc2Cl)cc1F. The molecule has 2 aromatic rings. The van der Waals surface area contributed by atoms with Crippen molar-refractivity contribution < 1.29 is 13.9 Å². The molecule has 0 aliphatic heterocycles. The zero-order valence-electron chi connectivity index (χ0n) is 10.8. The molecule has 0 saturated carbocycles. The minimum absolute atomic E-state index is 0.0217. The molecule has 20 heavy (non-hydrogen) atoms. The van der Waals surface area contributed by atoms with Crippen molar-refractivity contribution in [2.75, 3.05) is 5.73 Å². The maximum Gasteiger partial charge on any atom is 0.338 e. The van der Waals surface area contributed by atoms with Crippen molar-refractivity contribution in [1.82, 2.24) is 0 Å². The lowest BCUT2D eigenvalue weighted by Gasteiger charge is -2.08. The van der Waals surface area contributed by atoms with E-state index in [1.54, 1.807) is 31.2 Å². The van der Waals surface area contributed by atoms with Crippen LogP contribution < -0.4 is 5.73 Å². The van der Waals surface area contributed by atoms with Crippen LogP contribution in [0.15, 0.2) is 36.4 Å². The second-order valence-corrected chi connectivity index (χ2v) is 4.75. The first-order valence-corrected chi connectivity index (χ1v) is 6.33. The van der Waals surface area contributed by atoms with Crippen LogP contribution in [0.3, 0.4) is 0 Å². The van der Waals surface area contributed by atoms with Crippen LogP contribution in [-0.4, -0.2) is 5.97 Å². The van der Waals surface area contributed by atoms with E-state index in [9.17, 15) is 9.18 Å². The molecule has 0 aliphatic rings. The number of esters is 1. The lowest BCUT2D eigenvalue weighted by molar-refractivity contribution is 0.0472. The van der Waals surface area contributed by atoms with Crippen molar-refractivity contribution in [2.45, 2.75) is 13.5 Å². The quantitative estimate of drug-likeness (QED) is 0.693. The van der Waals surface area contributed by atoms with Crippen molar-refractivity contribution in [3.8, 4) is 0 Å². The van der Waals surface area contributed by atoms with Gasteiger partial charge in [-0.15, -0.1) is 0 Å². The van der Waals surface area contributed by atoms with Gasteiger partial charge in [0.15, 0.2) is 0 Å². The first-order chi connectivity index (χ1) is 9.49. The van der Waals surface area contributed by atoms with E-state index in [0.717, 1.165) is 6.07 Å². The number of ether oxygens (including phenoxy) is 1. The van der Waals surface area contributed by atoms with Crippen LogP contribution >= 0.6 is 11.6 Å². The number of anilines is 1. The number of hydrogen-bond donors (Lipinski definition) is 1. The molecule has 0 unspecified atom stereocenters. The van der Waals surface area contributed by atoms with E-state index >= 15 is 0 Å². The molecule has 0 saturated heterocycles. The fourth-order valence-corrected chi connectivity index (χ4v) is 1.85. The molecule has 0 aromatic heterocycles. The van der Waals surface area contributed by atoms with E-state index in [4.69, 9.17) is 22.1 Å². The minimum Gasteiger partial charge on any atom is -0.457 e. The zero-order chi connectivity index (χ0) is 14.7. The molecular weight excluding hydrogens is 281 g/mol. The Balaban J connectivity index is 2.11. The van der Waals surface area contributed by atoms with Gasteiger partial charge in [-0.3, -0.25) is 0 Å². The topological polar surface area (TPSA) is 52.3 Å². The Morgan fingerprint density at radius 2 is 2.05 bits per heavy atom. The van der Waals surface area contributed by atoms with E-state index in [1.807, 2.05) is 0 Å². The fourth-order valence-electron chi connectivity index (χ4n) is 1.66. The van der Waals surface area contributed by atoms with Crippen LogP contribution in [0, 0.1) is 12.7 Å². The van der Waals surface area contributed by atoms with Crippen LogP contribution in [-0.2, 0) is 11.3 Å². The monoisotopic (exact) mass is 293 g/mol. The molecule has 0 spiro atoms. The predicted molar refractivity (Wildman–Crippen MR) is 76.1 cm³/mol. The number of nitrogens with two attached hydrogens (primary N) is 1. The predicted octanol–water partition coefficient (Wildman–Crippen LogP) is 3.73. The van der Waals surface area contributed by atoms with E-state index in [-0.39, 0.29) is 17.9 Å². The van der Waals surface area contributed by atoms with Crippen LogP contribution in [0.1, 0.15) is 21.5 Å². The third-order valence-corrected chi connectivity index (χ3v) is 3.31. The highest BCUT2D eigenvalue weighted by molar-refractivity contribution is 6.31. The van der Waals surface area contributed by atoms with Gasteiger partial charge in [-0.2, -0.15) is 0 Å². The van der Waals surface area contributed by atoms with Crippen molar-refractivity contribution in [3.63, 3.8) is 0 Å². The average Bonchev–Trinajstić information content (AvgIpc) is 2.43. The summed E-state index contributed by atoms with van der Waals surface area (Å²) >= 11 is 5.95. The van der Waals surface area contributed by atoms with Crippen LogP contribution in [0.25, 0.3) is 0 Å². The molecule has 0 fully saturated rings. The highest BCUT2D eigenvalue weighted by atomic mass is 35.5. The summed E-state index contributed by atoms with van der Waals surface area (Å²) in [5, 5.41) is 0.509. The van der Waals surface area contributed by atoms with Gasteiger partial charge >= 0.3 is 5.97 Å². The van der Waals surface area contributed by atoms with Gasteiger partial charge in [0.25, 0.3) is 0 Å². The van der Waals surface area contributed by atoms with Crippen LogP contribution in [0.5, 0.6) is 0 Å². The third-order valence-electron chi connectivity index (χ3n) is 2.94. The van der Waals surface area contributed by atoms with Gasteiger partial charge in [0.1, 0.15) is 12.4 Å². The summed E-state index contributed by atoms with van der Waals surface area (Å²) in [7, 11) is 0. The Morgan fingerprint density at radius 1 is 1.35 bits per heavy atom. The number of rotatable bonds is 3. The second kappa shape index (κ2) is 5.92. The zero-order valence-corrected chi connectivity index (χ0v) is 11.6. The normalized spacial score (nSPS) is 10.3. The van der Waals surface area contributed by atoms with Gasteiger partial charge in [0, 0.05) is 21.8 Å². The van der Waals surface area contributed by atoms with Gasteiger partial charge < -0.3 is 10.5 Å². The van der Waals surface area contributed by atoms with Crippen molar-refractivity contribution in [2.24, 2.45) is 0 Å². The maximum absolute atomic E-state index is 13.5. The molecule has 3 nitrogen and oxygen atoms in total. The summed E-state index contributed by atoms with van der Waals surface area (Å²) in [5.74, 6) is -1.18. The Morgan fingerprint density at radius 3 is 2.70 bits per heavy atom. The van der Waals surface area contributed by atoms with Crippen molar-refractivity contribution in [1.29, 1.82) is 0 Å². The average molecular weight is 294 g/mol. The van der Waals surface area contributed by atoms with Crippen molar-refractivity contribution in [3.05, 3.63) is 63.9 Å². The Labute approximate surface area is 121 Å². The maximum atomic E-state index is 13.5. The van der Waals surface area contributed by atoms with E-state index in [0.29, 0.717) is 16.1 Å². The number of carbonyl (C=O) groups excluding carboxylic acids is 1. The second-order valence-electron chi connectivity index (χ2n) is 4.34. The molecule has 0 atom stereocenters. The van der Waals surface area contributed by atoms with E-state index < -0.39 is 11.8 Å². The molecule has 0 radical (unpaired) electrons. The molecule has 0 amide bonds. The third kappa shape index (κ3) is 3.08. The molecule has 2 N–H and O–H groups in total. The van der Waals surface area contributed by atoms with Crippen molar-refractivity contribution >= 4 is 23.3 Å². The van der Waals surface area contributed by atoms with Crippen LogP contribution in [0.2, 0.25) is 5.02 Å². The highest BCUT2D eigenvalue weighted by Gasteiger charge is 2.13. The molecule has 0 heterocycles. The minimum atomic E-state index is -0.643. The number of benzene rings is 2. The number of carbonyl (C=O) groups is 1. The van der Waals surface area contributed by atoms with E-state index in [2.05, 4.69) is 0 Å². The molecular formula is C15H13ClFNO2. The summed E-state index contributed by atoms with van der Waals surface area (Å²) < 4.78 is 18.6. The van der Waals surface area contributed by atoms with Gasteiger partial charge in [0.2, 0.25) is 0 Å². The summed E-state index contributed by atoms with van der Waals surface area (Å²) in [5.41, 5.74) is 6.92. The molecule has 0 aliphatic carbocycles. The molecule has 5 heteroatoms. The fraction of sp³-hybridized carbons (Fsp3) is 0.133.